The van der Waals surface area contributed by atoms with Crippen LogP contribution in [0.25, 0.3) is 33.7 Å². The van der Waals surface area contributed by atoms with E-state index in [1.165, 1.54) is 129 Å². The van der Waals surface area contributed by atoms with Gasteiger partial charge in [-0.3, -0.25) is 0 Å². The Morgan fingerprint density at radius 3 is 0.900 bits per heavy atom. The van der Waals surface area contributed by atoms with E-state index in [4.69, 9.17) is 20.0 Å². The average molecular weight is 1320 g/mol. The Hall–Kier alpha value is -9.14. The van der Waals surface area contributed by atoms with Crippen LogP contribution < -0.4 is 5.32 Å². The van der Waals surface area contributed by atoms with Gasteiger partial charge in [0.2, 0.25) is 0 Å². The quantitative estimate of drug-likeness (QED) is 0.0599. The number of nitrogens with one attached hydrogen (secondary N) is 4. The van der Waals surface area contributed by atoms with Crippen molar-refractivity contribution in [3.05, 3.63) is 278 Å². The van der Waals surface area contributed by atoms with Crippen LogP contribution in [-0.4, -0.2) is 43.8 Å². The maximum atomic E-state index is 6.21. The number of aromatic amines is 3. The number of nitrogens with zero attached hydrogens (tertiary/aromatic N) is 4. The molecule has 0 aliphatic carbocycles. The minimum Gasteiger partial charge on any atom is -0.375 e. The van der Waals surface area contributed by atoms with Crippen molar-refractivity contribution in [2.24, 2.45) is 25.9 Å². The lowest BCUT2D eigenvalue weighted by Crippen LogP contribution is -2.37. The molecule has 2 atom stereocenters. The first-order chi connectivity index (χ1) is 49.0. The molecule has 6 aliphatic rings. The first-order valence-electron chi connectivity index (χ1n) is 38.7. The molecule has 9 heterocycles. The summed E-state index contributed by atoms with van der Waals surface area (Å²) in [4.78, 5) is 37.7. The molecule has 0 radical (unpaired) electrons. The topological polar surface area (TPSA) is 109 Å². The van der Waals surface area contributed by atoms with E-state index < -0.39 is 0 Å². The Kier molecular flexibility index (Phi) is 20.5. The Morgan fingerprint density at radius 1 is 0.270 bits per heavy atom. The van der Waals surface area contributed by atoms with E-state index >= 15 is 0 Å². The number of aromatic nitrogens is 3. The molecule has 0 saturated carbocycles. The molecule has 8 nitrogen and oxygen atoms in total. The lowest BCUT2D eigenvalue weighted by molar-refractivity contribution is 0.536. The molecule has 514 valence electrons. The molecule has 4 aromatic carbocycles. The van der Waals surface area contributed by atoms with E-state index in [0.29, 0.717) is 0 Å². The molecule has 0 amide bonds. The van der Waals surface area contributed by atoms with Gasteiger partial charge in [0, 0.05) is 33.9 Å². The van der Waals surface area contributed by atoms with Crippen LogP contribution in [-0.2, 0) is 38.5 Å². The predicted molar refractivity (Wildman–Crippen MR) is 426 cm³/mol. The summed E-state index contributed by atoms with van der Waals surface area (Å²) in [5.74, 6) is 0.185. The molecule has 7 aromatic rings. The summed E-state index contributed by atoms with van der Waals surface area (Å²) < 4.78 is 0. The fraction of sp³-hybridized carbons (Fsp3) is 0.370. The monoisotopic (exact) mass is 1320 g/mol. The van der Waals surface area contributed by atoms with Crippen LogP contribution in [0, 0.1) is 5.92 Å². The summed E-state index contributed by atoms with van der Waals surface area (Å²) >= 11 is 0. The van der Waals surface area contributed by atoms with Gasteiger partial charge >= 0.3 is 0 Å². The van der Waals surface area contributed by atoms with Crippen LogP contribution in [0.4, 0.5) is 0 Å². The van der Waals surface area contributed by atoms with Crippen LogP contribution >= 0.6 is 0 Å². The molecule has 0 saturated heterocycles. The maximum absolute atomic E-state index is 6.21. The molecule has 0 fully saturated rings. The van der Waals surface area contributed by atoms with Gasteiger partial charge in [-0.15, -0.1) is 0 Å². The number of allylic oxidation sites excluding steroid dienone is 8. The Balaban J connectivity index is 1.21. The smallest absolute Gasteiger partial charge is 0.0932 e. The van der Waals surface area contributed by atoms with Gasteiger partial charge in [-0.25, -0.2) is 20.0 Å². The maximum Gasteiger partial charge on any atom is 0.0932 e. The fourth-order valence-corrected chi connectivity index (χ4v) is 18.4. The first kappa shape index (κ1) is 69.3. The summed E-state index contributed by atoms with van der Waals surface area (Å²) in [5, 5.41) is 4.45. The minimum atomic E-state index is -0.0749. The molecular formula is C92H106N8. The largest absolute Gasteiger partial charge is 0.375 e. The van der Waals surface area contributed by atoms with Crippen molar-refractivity contribution in [1.82, 2.24) is 20.3 Å². The third-order valence-corrected chi connectivity index (χ3v) is 22.8. The van der Waals surface area contributed by atoms with E-state index in [1.54, 1.807) is 0 Å². The lowest BCUT2D eigenvalue weighted by atomic mass is 9.83. The Morgan fingerprint density at radius 2 is 0.560 bits per heavy atom. The number of benzene rings is 4. The van der Waals surface area contributed by atoms with Gasteiger partial charge in [0.15, 0.2) is 0 Å². The highest BCUT2D eigenvalue weighted by Crippen LogP contribution is 2.52. The zero-order chi connectivity index (χ0) is 70.2. The molecule has 8 heteroatoms. The zero-order valence-electron chi connectivity index (χ0n) is 62.8. The van der Waals surface area contributed by atoms with Gasteiger partial charge in [-0.1, -0.05) is 232 Å². The van der Waals surface area contributed by atoms with E-state index in [1.807, 2.05) is 0 Å². The minimum absolute atomic E-state index is 0.0749. The van der Waals surface area contributed by atoms with Crippen LogP contribution in [0.15, 0.2) is 220 Å². The second kappa shape index (κ2) is 29.6. The highest BCUT2D eigenvalue weighted by Gasteiger charge is 2.44. The number of aliphatic imine (C=N–C) groups is 4. The van der Waals surface area contributed by atoms with Gasteiger partial charge in [-0.05, 0) is 209 Å². The van der Waals surface area contributed by atoms with E-state index in [0.717, 1.165) is 188 Å². The normalized spacial score (nSPS) is 20.9. The van der Waals surface area contributed by atoms with Gasteiger partial charge in [0.1, 0.15) is 0 Å². The van der Waals surface area contributed by atoms with Gasteiger partial charge in [0.25, 0.3) is 0 Å². The van der Waals surface area contributed by atoms with Gasteiger partial charge in [-0.2, -0.15) is 0 Å². The molecular weight excluding hydrogens is 1220 g/mol. The van der Waals surface area contributed by atoms with Crippen molar-refractivity contribution in [2.45, 2.75) is 220 Å². The highest BCUT2D eigenvalue weighted by atomic mass is 15.0. The van der Waals surface area contributed by atoms with E-state index in [-0.39, 0.29) is 12.0 Å². The molecule has 100 heavy (non-hydrogen) atoms. The van der Waals surface area contributed by atoms with Crippen molar-refractivity contribution in [3.8, 4) is 11.4 Å². The van der Waals surface area contributed by atoms with Crippen LogP contribution in [0.3, 0.4) is 0 Å². The number of rotatable bonds is 20. The first-order valence-corrected chi connectivity index (χ1v) is 38.7. The predicted octanol–water partition coefficient (Wildman–Crippen LogP) is 23.4. The summed E-state index contributed by atoms with van der Waals surface area (Å²) in [6.07, 6.45) is 13.6. The number of H-pyrrole nitrogens is 3. The number of hydrogen-bond donors (Lipinski definition) is 4. The fourth-order valence-electron chi connectivity index (χ4n) is 18.4. The van der Waals surface area contributed by atoms with Gasteiger partial charge < -0.3 is 20.3 Å². The van der Waals surface area contributed by atoms with Crippen molar-refractivity contribution >= 4 is 45.1 Å². The van der Waals surface area contributed by atoms with Crippen molar-refractivity contribution < 1.29 is 0 Å². The Labute approximate surface area is 597 Å². The average Bonchev–Trinajstić information content (AvgIpc) is 1.58. The molecule has 0 spiro atoms. The molecule has 2 unspecified atom stereocenters. The standard InChI is InChI=1S/C92H106N8/c1-17-57-65(25-9)85-86-66(26-10)59(19-3)79(95-86)74(54-47-39-34-40-48-54)80-61(21-5)69(29-13)89(97-80)90-70(30-14)63(23-7)83(99-90)76(56-51-43-36-44-52-56)84-64(24-8)72(32-16)92(100-84)91-71(31-15)62(22-6)82(98-91)75(55-49-41-35-42-50-55)81-60(20-4)68(28-12)88(96-81)87-67(27-11)58(18-2)78(94-87)73(77(57)93-85)53-45-37-33-38-46-53/h33-52,65,85,93,97-99H,17-32H2,1-16H3/b78-73+,79-74-,81-75-,84-76-. The van der Waals surface area contributed by atoms with Crippen molar-refractivity contribution in [3.63, 3.8) is 0 Å². The zero-order valence-corrected chi connectivity index (χ0v) is 62.8. The summed E-state index contributed by atoms with van der Waals surface area (Å²) in [6, 6.07) is 44.6. The SMILES string of the molecule is CCC1=C(CC)/C2=C(\c3ccccc3)c3[nH]c(c(CC)c3CC)C3=N/C(=C(/c4ccccc4)c4[nH]c(c(CC)c4CC)-c4[nH]c(c(CC)c4CC)/C(c4ccccc4)=C4\N=C(C(CC)=C4CC)C4NC(=C(CC)C4CC)/C(c4ccccc4)=C4/N=C(C1=N2)C(CC)=C4CC)C(CC)=C3CC. The second-order valence-electron chi connectivity index (χ2n) is 27.4. The van der Waals surface area contributed by atoms with Crippen LogP contribution in [0.1, 0.15) is 253 Å². The molecule has 13 rings (SSSR count). The molecule has 3 aromatic heterocycles. The third-order valence-electron chi connectivity index (χ3n) is 22.8. The van der Waals surface area contributed by atoms with Gasteiger partial charge in [0.05, 0.1) is 85.8 Å². The third kappa shape index (κ3) is 11.3. The summed E-state index contributed by atoms with van der Waals surface area (Å²) in [7, 11) is 0. The van der Waals surface area contributed by atoms with Crippen LogP contribution in [0.2, 0.25) is 0 Å². The highest BCUT2D eigenvalue weighted by molar-refractivity contribution is 6.56. The molecule has 4 N–H and O–H groups in total. The van der Waals surface area contributed by atoms with Crippen molar-refractivity contribution in [2.75, 3.05) is 0 Å². The summed E-state index contributed by atoms with van der Waals surface area (Å²) in [6.45, 7) is 37.6. The van der Waals surface area contributed by atoms with E-state index in [9.17, 15) is 0 Å². The van der Waals surface area contributed by atoms with Crippen LogP contribution in [0.5, 0.6) is 0 Å². The lowest BCUT2D eigenvalue weighted by Gasteiger charge is -2.23. The number of hydrogen-bond acceptors (Lipinski definition) is 5. The summed E-state index contributed by atoms with van der Waals surface area (Å²) in [5.41, 5.74) is 45.8. The van der Waals surface area contributed by atoms with E-state index in [2.05, 4.69) is 252 Å². The molecule has 6 aliphatic heterocycles. The second-order valence-corrected chi connectivity index (χ2v) is 27.4. The van der Waals surface area contributed by atoms with Crippen molar-refractivity contribution in [1.29, 1.82) is 0 Å². The Bertz CT molecular complexity index is 4800. The molecule has 16 bridgehead atoms. The number of fused-ring (bicyclic) bond motifs is 16.